The zero-order valence-electron chi connectivity index (χ0n) is 17.6. The van der Waals surface area contributed by atoms with Gasteiger partial charge in [-0.2, -0.15) is 0 Å². The van der Waals surface area contributed by atoms with E-state index in [2.05, 4.69) is 31.3 Å². The van der Waals surface area contributed by atoms with Crippen LogP contribution < -0.4 is 10.9 Å². The smallest absolute Gasteiger partial charge is 0.266 e. The number of hydrogen-bond donors (Lipinski definition) is 1. The van der Waals surface area contributed by atoms with Crippen molar-refractivity contribution in [3.05, 3.63) is 64.4 Å². The Bertz CT molecular complexity index is 1120. The molecule has 4 rings (SSSR count). The van der Waals surface area contributed by atoms with Crippen LogP contribution in [0.1, 0.15) is 51.5 Å². The second-order valence-corrected chi connectivity index (χ2v) is 9.30. The summed E-state index contributed by atoms with van der Waals surface area (Å²) in [5, 5.41) is 3.80. The van der Waals surface area contributed by atoms with E-state index in [4.69, 9.17) is 4.98 Å². The molecule has 2 atom stereocenters. The third kappa shape index (κ3) is 4.29. The number of thioether (sulfide) groups is 1. The van der Waals surface area contributed by atoms with Crippen molar-refractivity contribution < 1.29 is 4.79 Å². The van der Waals surface area contributed by atoms with Crippen LogP contribution in [-0.4, -0.2) is 26.8 Å². The van der Waals surface area contributed by atoms with Crippen molar-refractivity contribution in [2.24, 2.45) is 0 Å². The molecule has 0 radical (unpaired) electrons. The number of carbonyl (C=O) groups is 1. The molecule has 1 N–H and O–H groups in total. The van der Waals surface area contributed by atoms with Gasteiger partial charge in [-0.3, -0.25) is 14.2 Å². The second-order valence-electron chi connectivity index (χ2n) is 8.00. The number of aromatic nitrogens is 2. The van der Waals surface area contributed by atoms with Crippen molar-refractivity contribution in [2.75, 3.05) is 0 Å². The topological polar surface area (TPSA) is 64.0 Å². The lowest BCUT2D eigenvalue weighted by molar-refractivity contribution is -0.120. The number of nitrogens with one attached hydrogen (secondary N) is 1. The second kappa shape index (κ2) is 8.64. The van der Waals surface area contributed by atoms with Gasteiger partial charge >= 0.3 is 0 Å². The van der Waals surface area contributed by atoms with Gasteiger partial charge in [-0.05, 0) is 61.9 Å². The number of carbonyl (C=O) groups excluding carboxylic acids is 1. The molecular formula is C24H27N3O2S. The lowest BCUT2D eigenvalue weighted by Crippen LogP contribution is -2.33. The maximum Gasteiger partial charge on any atom is 0.266 e. The van der Waals surface area contributed by atoms with Gasteiger partial charge in [0.15, 0.2) is 5.16 Å². The van der Waals surface area contributed by atoms with Crippen LogP contribution in [0.15, 0.2) is 58.5 Å². The van der Waals surface area contributed by atoms with Crippen LogP contribution in [0.5, 0.6) is 0 Å². The molecule has 1 fully saturated rings. The molecule has 1 aromatic heterocycles. The zero-order chi connectivity index (χ0) is 21.3. The maximum atomic E-state index is 13.4. The molecule has 1 aliphatic carbocycles. The maximum absolute atomic E-state index is 13.4. The van der Waals surface area contributed by atoms with Gasteiger partial charge in [-0.25, -0.2) is 4.98 Å². The number of fused-ring (bicyclic) bond motifs is 1. The van der Waals surface area contributed by atoms with Crippen LogP contribution >= 0.6 is 11.8 Å². The summed E-state index contributed by atoms with van der Waals surface area (Å²) in [6.07, 6.45) is 3.15. The first-order valence-electron chi connectivity index (χ1n) is 10.6. The van der Waals surface area contributed by atoms with Gasteiger partial charge < -0.3 is 5.32 Å². The standard InChI is InChI=1S/C24H27N3O2S/c1-4-15(2)17-9-13-19(14-10-17)27-23(29)20-7-5-6-8-21(20)26-24(27)30-16(3)22(28)25-18-11-12-18/h5-10,13-16,18H,4,11-12H2,1-3H3,(H,25,28)/t15-,16+/m1/s1. The van der Waals surface area contributed by atoms with E-state index in [0.29, 0.717) is 28.0 Å². The van der Waals surface area contributed by atoms with Crippen LogP contribution in [0, 0.1) is 0 Å². The van der Waals surface area contributed by atoms with Crippen molar-refractivity contribution in [2.45, 2.75) is 62.4 Å². The molecule has 2 aromatic carbocycles. The van der Waals surface area contributed by atoms with Crippen LogP contribution in [-0.2, 0) is 4.79 Å². The Hall–Kier alpha value is -2.60. The molecule has 30 heavy (non-hydrogen) atoms. The predicted molar refractivity (Wildman–Crippen MR) is 123 cm³/mol. The van der Waals surface area contributed by atoms with Crippen molar-refractivity contribution in [1.29, 1.82) is 0 Å². The highest BCUT2D eigenvalue weighted by molar-refractivity contribution is 8.00. The van der Waals surface area contributed by atoms with Crippen LogP contribution in [0.4, 0.5) is 0 Å². The van der Waals surface area contributed by atoms with Gasteiger partial charge in [-0.15, -0.1) is 0 Å². The minimum atomic E-state index is -0.343. The molecular weight excluding hydrogens is 394 g/mol. The first-order chi connectivity index (χ1) is 14.5. The summed E-state index contributed by atoms with van der Waals surface area (Å²) < 4.78 is 1.63. The minimum absolute atomic E-state index is 0.0106. The fourth-order valence-electron chi connectivity index (χ4n) is 3.36. The largest absolute Gasteiger partial charge is 0.352 e. The molecule has 0 aliphatic heterocycles. The van der Waals surface area contributed by atoms with Gasteiger partial charge in [-0.1, -0.05) is 49.9 Å². The molecule has 3 aromatic rings. The fraction of sp³-hybridized carbons (Fsp3) is 0.375. The van der Waals surface area contributed by atoms with Crippen LogP contribution in [0.25, 0.3) is 16.6 Å². The van der Waals surface area contributed by atoms with Crippen molar-refractivity contribution in [1.82, 2.24) is 14.9 Å². The molecule has 6 heteroatoms. The normalized spacial score (nSPS) is 15.7. The average Bonchev–Trinajstić information content (AvgIpc) is 3.57. The Morgan fingerprint density at radius 2 is 1.87 bits per heavy atom. The molecule has 1 aliphatic rings. The SMILES string of the molecule is CC[C@@H](C)c1ccc(-n2c(S[C@@H](C)C(=O)NC3CC3)nc3ccccc3c2=O)cc1. The summed E-state index contributed by atoms with van der Waals surface area (Å²) in [7, 11) is 0. The summed E-state index contributed by atoms with van der Waals surface area (Å²) in [4.78, 5) is 30.6. The molecule has 1 saturated carbocycles. The summed E-state index contributed by atoms with van der Waals surface area (Å²) in [5.74, 6) is 0.453. The highest BCUT2D eigenvalue weighted by Crippen LogP contribution is 2.27. The fourth-order valence-corrected chi connectivity index (χ4v) is 4.30. The van der Waals surface area contributed by atoms with Crippen molar-refractivity contribution in [3.8, 4) is 5.69 Å². The molecule has 1 heterocycles. The van der Waals surface area contributed by atoms with Crippen LogP contribution in [0.2, 0.25) is 0 Å². The van der Waals surface area contributed by atoms with Crippen LogP contribution in [0.3, 0.4) is 0 Å². The van der Waals surface area contributed by atoms with E-state index in [9.17, 15) is 9.59 Å². The van der Waals surface area contributed by atoms with E-state index in [0.717, 1.165) is 24.9 Å². The monoisotopic (exact) mass is 421 g/mol. The van der Waals surface area contributed by atoms with E-state index >= 15 is 0 Å². The Labute approximate surface area is 180 Å². The van der Waals surface area contributed by atoms with Gasteiger partial charge in [0.25, 0.3) is 5.56 Å². The molecule has 5 nitrogen and oxygen atoms in total. The molecule has 0 unspecified atom stereocenters. The third-order valence-electron chi connectivity index (χ3n) is 5.65. The number of amides is 1. The Morgan fingerprint density at radius 3 is 2.53 bits per heavy atom. The summed E-state index contributed by atoms with van der Waals surface area (Å²) >= 11 is 1.33. The Kier molecular flexibility index (Phi) is 5.95. The zero-order valence-corrected chi connectivity index (χ0v) is 18.4. The van der Waals surface area contributed by atoms with Crippen molar-refractivity contribution >= 4 is 28.6 Å². The highest BCUT2D eigenvalue weighted by atomic mass is 32.2. The molecule has 0 saturated heterocycles. The van der Waals surface area contributed by atoms with E-state index in [1.165, 1.54) is 17.3 Å². The molecule has 1 amide bonds. The van der Waals surface area contributed by atoms with Crippen molar-refractivity contribution in [3.63, 3.8) is 0 Å². The number of nitrogens with zero attached hydrogens (tertiary/aromatic N) is 2. The highest BCUT2D eigenvalue weighted by Gasteiger charge is 2.27. The summed E-state index contributed by atoms with van der Waals surface area (Å²) in [6, 6.07) is 15.7. The average molecular weight is 422 g/mol. The summed E-state index contributed by atoms with van der Waals surface area (Å²) in [5.41, 5.74) is 2.54. The summed E-state index contributed by atoms with van der Waals surface area (Å²) in [6.45, 7) is 6.22. The van der Waals surface area contributed by atoms with E-state index in [1.54, 1.807) is 10.6 Å². The quantitative estimate of drug-likeness (QED) is 0.445. The first-order valence-corrected chi connectivity index (χ1v) is 11.4. The molecule has 0 bridgehead atoms. The first kappa shape index (κ1) is 20.7. The number of hydrogen-bond acceptors (Lipinski definition) is 4. The predicted octanol–water partition coefficient (Wildman–Crippen LogP) is 4.66. The van der Waals surface area contributed by atoms with Gasteiger partial charge in [0.2, 0.25) is 5.91 Å². The van der Waals surface area contributed by atoms with Gasteiger partial charge in [0, 0.05) is 6.04 Å². The number of benzene rings is 2. The molecule has 156 valence electrons. The lowest BCUT2D eigenvalue weighted by Gasteiger charge is -2.17. The number of para-hydroxylation sites is 1. The Morgan fingerprint density at radius 1 is 1.17 bits per heavy atom. The van der Waals surface area contributed by atoms with E-state index < -0.39 is 0 Å². The Balaban J connectivity index is 1.76. The number of rotatable bonds is 7. The van der Waals surface area contributed by atoms with E-state index in [1.807, 2.05) is 37.3 Å². The minimum Gasteiger partial charge on any atom is -0.352 e. The lowest BCUT2D eigenvalue weighted by atomic mass is 9.98. The third-order valence-corrected chi connectivity index (χ3v) is 6.71. The van der Waals surface area contributed by atoms with Gasteiger partial charge in [0.1, 0.15) is 0 Å². The van der Waals surface area contributed by atoms with Gasteiger partial charge in [0.05, 0.1) is 21.8 Å². The molecule has 0 spiro atoms. The van der Waals surface area contributed by atoms with E-state index in [-0.39, 0.29) is 16.7 Å².